The molecule has 10 heteroatoms. The summed E-state index contributed by atoms with van der Waals surface area (Å²) in [6.07, 6.45) is 0. The largest absolute Gasteiger partial charge is 0.403 e. The monoisotopic (exact) mass is 482 g/mol. The number of anilines is 2. The lowest BCUT2D eigenvalue weighted by atomic mass is 10.1. The number of halogens is 1. The van der Waals surface area contributed by atoms with E-state index in [2.05, 4.69) is 20.2 Å². The molecule has 0 bridgehead atoms. The predicted octanol–water partition coefficient (Wildman–Crippen LogP) is 5.06. The smallest absolute Gasteiger partial charge is 0.322 e. The zero-order valence-electron chi connectivity index (χ0n) is 17.7. The molecule has 4 rings (SSSR count). The highest BCUT2D eigenvalue weighted by Crippen LogP contribution is 2.26. The van der Waals surface area contributed by atoms with Crippen LogP contribution in [0.5, 0.6) is 0 Å². The summed E-state index contributed by atoms with van der Waals surface area (Å²) in [7, 11) is -3.94. The third-order valence-corrected chi connectivity index (χ3v) is 6.43. The summed E-state index contributed by atoms with van der Waals surface area (Å²) in [5.41, 5.74) is 2.99. The van der Waals surface area contributed by atoms with Crippen molar-refractivity contribution < 1.29 is 17.6 Å². The van der Waals surface area contributed by atoms with E-state index in [9.17, 15) is 13.2 Å². The average molecular weight is 483 g/mol. The van der Waals surface area contributed by atoms with E-state index in [1.807, 2.05) is 32.0 Å². The summed E-state index contributed by atoms with van der Waals surface area (Å²) in [5, 5.41) is 10.8. The van der Waals surface area contributed by atoms with Crippen molar-refractivity contribution in [3.8, 4) is 11.5 Å². The van der Waals surface area contributed by atoms with Crippen LogP contribution in [-0.4, -0.2) is 24.5 Å². The van der Waals surface area contributed by atoms with Crippen LogP contribution in [0.2, 0.25) is 5.02 Å². The van der Waals surface area contributed by atoms with Crippen molar-refractivity contribution in [3.05, 3.63) is 88.4 Å². The van der Waals surface area contributed by atoms with Crippen molar-refractivity contribution in [2.24, 2.45) is 0 Å². The summed E-state index contributed by atoms with van der Waals surface area (Å²) in [5.74, 6) is -0.347. The van der Waals surface area contributed by atoms with E-state index in [0.717, 1.165) is 16.7 Å². The highest BCUT2D eigenvalue weighted by molar-refractivity contribution is 7.92. The molecule has 0 fully saturated rings. The zero-order valence-corrected chi connectivity index (χ0v) is 19.2. The van der Waals surface area contributed by atoms with Crippen LogP contribution >= 0.6 is 11.6 Å². The Balaban J connectivity index is 1.55. The van der Waals surface area contributed by atoms with Crippen molar-refractivity contribution in [1.29, 1.82) is 0 Å². The first-order valence-electron chi connectivity index (χ1n) is 9.83. The van der Waals surface area contributed by atoms with Gasteiger partial charge in [-0.15, -0.1) is 5.10 Å². The molecular formula is C23H19ClN4O4S. The highest BCUT2D eigenvalue weighted by Gasteiger charge is 2.20. The first-order chi connectivity index (χ1) is 15.7. The summed E-state index contributed by atoms with van der Waals surface area (Å²) in [4.78, 5) is 12.9. The normalized spacial score (nSPS) is 11.2. The van der Waals surface area contributed by atoms with Gasteiger partial charge in [0, 0.05) is 10.6 Å². The summed E-state index contributed by atoms with van der Waals surface area (Å²) < 4.78 is 33.5. The fourth-order valence-corrected chi connectivity index (χ4v) is 4.39. The number of nitrogens with one attached hydrogen (secondary N) is 2. The molecule has 0 saturated carbocycles. The van der Waals surface area contributed by atoms with Gasteiger partial charge in [-0.1, -0.05) is 46.5 Å². The van der Waals surface area contributed by atoms with Crippen LogP contribution in [0.25, 0.3) is 11.5 Å². The molecule has 0 atom stereocenters. The Morgan fingerprint density at radius 1 is 0.970 bits per heavy atom. The van der Waals surface area contributed by atoms with Gasteiger partial charge in [-0.2, -0.15) is 0 Å². The van der Waals surface area contributed by atoms with Gasteiger partial charge in [-0.05, 0) is 61.9 Å². The first kappa shape index (κ1) is 22.5. The molecule has 0 aliphatic heterocycles. The lowest BCUT2D eigenvalue weighted by Crippen LogP contribution is -2.18. The Morgan fingerprint density at radius 3 is 2.42 bits per heavy atom. The van der Waals surface area contributed by atoms with Gasteiger partial charge in [0.2, 0.25) is 5.89 Å². The minimum Gasteiger partial charge on any atom is -0.403 e. The third kappa shape index (κ3) is 5.05. The van der Waals surface area contributed by atoms with Crippen LogP contribution in [-0.2, 0) is 10.0 Å². The van der Waals surface area contributed by atoms with Crippen molar-refractivity contribution in [3.63, 3.8) is 0 Å². The van der Waals surface area contributed by atoms with Crippen molar-refractivity contribution >= 4 is 39.2 Å². The molecule has 0 radical (unpaired) electrons. The van der Waals surface area contributed by atoms with E-state index >= 15 is 0 Å². The van der Waals surface area contributed by atoms with Crippen LogP contribution in [0.15, 0.2) is 76.0 Å². The maximum absolute atomic E-state index is 12.9. The summed E-state index contributed by atoms with van der Waals surface area (Å²) >= 11 is 5.83. The van der Waals surface area contributed by atoms with Gasteiger partial charge in [-0.25, -0.2) is 8.42 Å². The standard InChI is InChI=1S/C23H19ClN4O4S/c1-14-7-12-18(15(2)13-14)22-26-27-23(32-22)25-21(29)19-5-3-4-6-20(19)28-33(30,31)17-10-8-16(24)9-11-17/h3-13,28H,1-2H3,(H,25,27,29). The quantitative estimate of drug-likeness (QED) is 0.397. The van der Waals surface area contributed by atoms with Crippen LogP contribution in [0, 0.1) is 13.8 Å². The van der Waals surface area contributed by atoms with E-state index in [-0.39, 0.29) is 28.1 Å². The second-order valence-electron chi connectivity index (χ2n) is 7.29. The number of carbonyl (C=O) groups excluding carboxylic acids is 1. The minimum absolute atomic E-state index is 0.0112. The Bertz CT molecular complexity index is 1430. The van der Waals surface area contributed by atoms with E-state index in [0.29, 0.717) is 5.02 Å². The SMILES string of the molecule is Cc1ccc(-c2nnc(NC(=O)c3ccccc3NS(=O)(=O)c3ccc(Cl)cc3)o2)c(C)c1. The number of carbonyl (C=O) groups is 1. The second-order valence-corrected chi connectivity index (χ2v) is 9.41. The molecule has 1 amide bonds. The number of para-hydroxylation sites is 1. The number of sulfonamides is 1. The summed E-state index contributed by atoms with van der Waals surface area (Å²) in [6, 6.07) is 17.6. The third-order valence-electron chi connectivity index (χ3n) is 4.80. The molecule has 1 aromatic heterocycles. The Hall–Kier alpha value is -3.69. The molecule has 168 valence electrons. The Labute approximate surface area is 195 Å². The predicted molar refractivity (Wildman–Crippen MR) is 126 cm³/mol. The van der Waals surface area contributed by atoms with E-state index < -0.39 is 15.9 Å². The van der Waals surface area contributed by atoms with Gasteiger partial charge in [0.15, 0.2) is 0 Å². The van der Waals surface area contributed by atoms with Crippen LogP contribution in [0.3, 0.4) is 0 Å². The average Bonchev–Trinajstić information content (AvgIpc) is 3.22. The molecule has 1 heterocycles. The maximum Gasteiger partial charge on any atom is 0.322 e. The molecule has 0 unspecified atom stereocenters. The van der Waals surface area contributed by atoms with E-state index in [1.54, 1.807) is 12.1 Å². The van der Waals surface area contributed by atoms with Gasteiger partial charge in [0.05, 0.1) is 16.1 Å². The Morgan fingerprint density at radius 2 is 1.70 bits per heavy atom. The number of benzene rings is 3. The van der Waals surface area contributed by atoms with Crippen LogP contribution in [0.4, 0.5) is 11.7 Å². The summed E-state index contributed by atoms with van der Waals surface area (Å²) in [6.45, 7) is 3.91. The van der Waals surface area contributed by atoms with Crippen molar-refractivity contribution in [2.75, 3.05) is 10.0 Å². The van der Waals surface area contributed by atoms with Gasteiger partial charge in [0.1, 0.15) is 0 Å². The van der Waals surface area contributed by atoms with Crippen molar-refractivity contribution in [1.82, 2.24) is 10.2 Å². The fraction of sp³-hybridized carbons (Fsp3) is 0.0870. The van der Waals surface area contributed by atoms with E-state index in [1.165, 1.54) is 36.4 Å². The topological polar surface area (TPSA) is 114 Å². The number of aromatic nitrogens is 2. The number of hydrogen-bond donors (Lipinski definition) is 2. The lowest BCUT2D eigenvalue weighted by Gasteiger charge is -2.12. The molecule has 8 nitrogen and oxygen atoms in total. The molecule has 0 spiro atoms. The van der Waals surface area contributed by atoms with Gasteiger partial charge in [0.25, 0.3) is 15.9 Å². The Kier molecular flexibility index (Phi) is 6.17. The molecule has 0 saturated heterocycles. The fourth-order valence-electron chi connectivity index (χ4n) is 3.19. The second kappa shape index (κ2) is 9.05. The van der Waals surface area contributed by atoms with Crippen LogP contribution in [0.1, 0.15) is 21.5 Å². The molecule has 3 aromatic carbocycles. The van der Waals surface area contributed by atoms with Crippen LogP contribution < -0.4 is 10.0 Å². The number of rotatable bonds is 6. The lowest BCUT2D eigenvalue weighted by molar-refractivity contribution is 0.102. The van der Waals surface area contributed by atoms with Gasteiger partial charge < -0.3 is 4.42 Å². The number of nitrogens with zero attached hydrogens (tertiary/aromatic N) is 2. The number of hydrogen-bond acceptors (Lipinski definition) is 6. The molecular weight excluding hydrogens is 464 g/mol. The maximum atomic E-state index is 12.9. The molecule has 2 N–H and O–H groups in total. The first-order valence-corrected chi connectivity index (χ1v) is 11.7. The zero-order chi connectivity index (χ0) is 23.6. The molecule has 33 heavy (non-hydrogen) atoms. The molecule has 4 aromatic rings. The number of amides is 1. The van der Waals surface area contributed by atoms with Gasteiger partial charge in [-0.3, -0.25) is 14.8 Å². The highest BCUT2D eigenvalue weighted by atomic mass is 35.5. The molecule has 0 aliphatic carbocycles. The van der Waals surface area contributed by atoms with E-state index in [4.69, 9.17) is 16.0 Å². The molecule has 0 aliphatic rings. The number of aryl methyl sites for hydroxylation is 2. The minimum atomic E-state index is -3.94. The van der Waals surface area contributed by atoms with Crippen molar-refractivity contribution in [2.45, 2.75) is 18.7 Å². The van der Waals surface area contributed by atoms with Gasteiger partial charge >= 0.3 is 6.01 Å².